The Labute approximate surface area is 119 Å². The summed E-state index contributed by atoms with van der Waals surface area (Å²) in [7, 11) is -2.86. The van der Waals surface area contributed by atoms with Crippen LogP contribution in [0.25, 0.3) is 0 Å². The molecule has 0 bridgehead atoms. The van der Waals surface area contributed by atoms with E-state index >= 15 is 0 Å². The summed E-state index contributed by atoms with van der Waals surface area (Å²) in [6.45, 7) is 1.40. The lowest BCUT2D eigenvalue weighted by atomic mass is 10.1. The van der Waals surface area contributed by atoms with E-state index in [1.807, 2.05) is 18.2 Å². The Kier molecular flexibility index (Phi) is 4.71. The van der Waals surface area contributed by atoms with Gasteiger partial charge in [0.1, 0.15) is 21.7 Å². The molecule has 1 atom stereocenters. The molecule has 19 heavy (non-hydrogen) atoms. The topological polar surface area (TPSA) is 55.4 Å². The molecule has 6 heteroatoms. The Hall–Kier alpha value is -0.780. The molecule has 1 N–H and O–H groups in total. The lowest BCUT2D eigenvalue weighted by Gasteiger charge is -2.11. The Morgan fingerprint density at radius 3 is 3.00 bits per heavy atom. The average Bonchev–Trinajstić information content (AvgIpc) is 2.68. The molecule has 0 spiro atoms. The predicted molar refractivity (Wildman–Crippen MR) is 76.8 cm³/mol. The fourth-order valence-electron chi connectivity index (χ4n) is 2.13. The second-order valence-corrected chi connectivity index (χ2v) is 7.58. The highest BCUT2D eigenvalue weighted by atomic mass is 35.5. The van der Waals surface area contributed by atoms with E-state index in [1.165, 1.54) is 6.26 Å². The van der Waals surface area contributed by atoms with Crippen LogP contribution in [-0.4, -0.2) is 39.6 Å². The van der Waals surface area contributed by atoms with Gasteiger partial charge in [-0.1, -0.05) is 11.6 Å². The smallest absolute Gasteiger partial charge is 0.147 e. The van der Waals surface area contributed by atoms with Crippen LogP contribution in [0.2, 0.25) is 5.02 Å². The van der Waals surface area contributed by atoms with E-state index in [2.05, 4.69) is 5.32 Å². The molecule has 0 amide bonds. The third kappa shape index (κ3) is 4.67. The second-order valence-electron chi connectivity index (χ2n) is 4.88. The molecule has 1 unspecified atom stereocenters. The largest absolute Gasteiger partial charge is 0.488 e. The molecule has 106 valence electrons. The Morgan fingerprint density at radius 2 is 2.26 bits per heavy atom. The maximum Gasteiger partial charge on any atom is 0.147 e. The van der Waals surface area contributed by atoms with E-state index < -0.39 is 9.84 Å². The van der Waals surface area contributed by atoms with Gasteiger partial charge >= 0.3 is 0 Å². The van der Waals surface area contributed by atoms with Crippen LogP contribution in [0.4, 0.5) is 0 Å². The highest BCUT2D eigenvalue weighted by Crippen LogP contribution is 2.30. The van der Waals surface area contributed by atoms with Crippen molar-refractivity contribution in [2.75, 3.05) is 25.1 Å². The fourth-order valence-corrected chi connectivity index (χ4v) is 2.99. The number of benzene rings is 1. The van der Waals surface area contributed by atoms with Crippen LogP contribution in [0.5, 0.6) is 5.75 Å². The summed E-state index contributed by atoms with van der Waals surface area (Å²) in [6.07, 6.45) is 2.83. The van der Waals surface area contributed by atoms with Gasteiger partial charge in [0, 0.05) is 24.2 Å². The number of halogens is 1. The van der Waals surface area contributed by atoms with E-state index in [-0.39, 0.29) is 11.9 Å². The molecule has 2 rings (SSSR count). The number of fused-ring (bicyclic) bond motifs is 1. The Morgan fingerprint density at radius 1 is 1.47 bits per heavy atom. The van der Waals surface area contributed by atoms with Crippen molar-refractivity contribution in [1.82, 2.24) is 5.32 Å². The van der Waals surface area contributed by atoms with Crippen molar-refractivity contribution in [1.29, 1.82) is 0 Å². The van der Waals surface area contributed by atoms with E-state index in [0.717, 1.165) is 29.3 Å². The van der Waals surface area contributed by atoms with Gasteiger partial charge < -0.3 is 10.1 Å². The first kappa shape index (κ1) is 14.6. The van der Waals surface area contributed by atoms with Crippen LogP contribution < -0.4 is 10.1 Å². The molecule has 1 aromatic rings. The second kappa shape index (κ2) is 6.11. The molecule has 1 heterocycles. The molecule has 0 aromatic heterocycles. The predicted octanol–water partition coefficient (Wildman–Crippen LogP) is 1.67. The van der Waals surface area contributed by atoms with Crippen LogP contribution in [0.1, 0.15) is 12.0 Å². The van der Waals surface area contributed by atoms with Crippen LogP contribution in [0, 0.1) is 0 Å². The third-order valence-electron chi connectivity index (χ3n) is 3.00. The maximum atomic E-state index is 11.0. The summed E-state index contributed by atoms with van der Waals surface area (Å²) in [5.74, 6) is 1.12. The summed E-state index contributed by atoms with van der Waals surface area (Å²) in [5.41, 5.74) is 1.13. The minimum atomic E-state index is -2.86. The first-order chi connectivity index (χ1) is 8.94. The lowest BCUT2D eigenvalue weighted by Crippen LogP contribution is -2.31. The lowest BCUT2D eigenvalue weighted by molar-refractivity contribution is 0.228. The van der Waals surface area contributed by atoms with Gasteiger partial charge in [-0.05, 0) is 36.7 Å². The van der Waals surface area contributed by atoms with E-state index in [1.54, 1.807) is 0 Å². The summed E-state index contributed by atoms with van der Waals surface area (Å²) >= 11 is 5.93. The molecule has 1 aliphatic rings. The normalized spacial score (nSPS) is 18.1. The average molecular weight is 304 g/mol. The number of hydrogen-bond donors (Lipinski definition) is 1. The van der Waals surface area contributed by atoms with Crippen molar-refractivity contribution in [3.05, 3.63) is 28.8 Å². The number of ether oxygens (including phenoxy) is 1. The van der Waals surface area contributed by atoms with Gasteiger partial charge in [0.05, 0.1) is 5.75 Å². The number of rotatable bonds is 6. The minimum Gasteiger partial charge on any atom is -0.488 e. The molecule has 4 nitrogen and oxygen atoms in total. The summed E-state index contributed by atoms with van der Waals surface area (Å²) in [6, 6.07) is 5.64. The molecule has 1 aliphatic heterocycles. The van der Waals surface area contributed by atoms with Crippen molar-refractivity contribution >= 4 is 21.4 Å². The Balaban J connectivity index is 1.70. The highest BCUT2D eigenvalue weighted by Gasteiger charge is 2.22. The van der Waals surface area contributed by atoms with Gasteiger partial charge in [-0.2, -0.15) is 0 Å². The number of hydrogen-bond acceptors (Lipinski definition) is 4. The molecule has 0 saturated carbocycles. The van der Waals surface area contributed by atoms with Crippen molar-refractivity contribution in [2.45, 2.75) is 18.9 Å². The molecule has 0 radical (unpaired) electrons. The van der Waals surface area contributed by atoms with E-state index in [0.29, 0.717) is 13.0 Å². The van der Waals surface area contributed by atoms with Crippen LogP contribution >= 0.6 is 11.6 Å². The quantitative estimate of drug-likeness (QED) is 0.812. The van der Waals surface area contributed by atoms with Gasteiger partial charge in [-0.25, -0.2) is 8.42 Å². The number of nitrogens with one attached hydrogen (secondary N) is 1. The molecular formula is C13H18ClNO3S. The monoisotopic (exact) mass is 303 g/mol. The minimum absolute atomic E-state index is 0.103. The van der Waals surface area contributed by atoms with E-state index in [4.69, 9.17) is 16.3 Å². The van der Waals surface area contributed by atoms with Gasteiger partial charge in [-0.15, -0.1) is 0 Å². The van der Waals surface area contributed by atoms with Gasteiger partial charge in [0.2, 0.25) is 0 Å². The molecule has 1 aromatic carbocycles. The Bertz CT molecular complexity index is 545. The zero-order valence-electron chi connectivity index (χ0n) is 10.9. The first-order valence-electron chi connectivity index (χ1n) is 6.27. The van der Waals surface area contributed by atoms with Crippen molar-refractivity contribution in [3.63, 3.8) is 0 Å². The molecular weight excluding hydrogens is 286 g/mol. The van der Waals surface area contributed by atoms with Crippen molar-refractivity contribution in [3.8, 4) is 5.75 Å². The summed E-state index contributed by atoms with van der Waals surface area (Å²) < 4.78 is 27.7. The zero-order valence-corrected chi connectivity index (χ0v) is 12.4. The summed E-state index contributed by atoms with van der Waals surface area (Å²) in [4.78, 5) is 0. The van der Waals surface area contributed by atoms with Gasteiger partial charge in [-0.3, -0.25) is 0 Å². The first-order valence-corrected chi connectivity index (χ1v) is 8.71. The molecule has 0 fully saturated rings. The van der Waals surface area contributed by atoms with Crippen molar-refractivity contribution in [2.24, 2.45) is 0 Å². The highest BCUT2D eigenvalue weighted by molar-refractivity contribution is 7.90. The van der Waals surface area contributed by atoms with Crippen LogP contribution in [0.15, 0.2) is 18.2 Å². The van der Waals surface area contributed by atoms with Crippen LogP contribution in [0.3, 0.4) is 0 Å². The number of sulfone groups is 1. The van der Waals surface area contributed by atoms with E-state index in [9.17, 15) is 8.42 Å². The molecule has 0 saturated heterocycles. The van der Waals surface area contributed by atoms with Gasteiger partial charge in [0.15, 0.2) is 0 Å². The third-order valence-corrected chi connectivity index (χ3v) is 4.27. The standard InChI is InChI=1S/C13H18ClNO3S/c1-19(16,17)6-2-5-15-9-12-8-10-7-11(14)3-4-13(10)18-12/h3-4,7,12,15H,2,5-6,8-9H2,1H3. The maximum absolute atomic E-state index is 11.0. The zero-order chi connectivity index (χ0) is 13.9. The molecule has 0 aliphatic carbocycles. The van der Waals surface area contributed by atoms with Crippen LogP contribution in [-0.2, 0) is 16.3 Å². The van der Waals surface area contributed by atoms with Crippen molar-refractivity contribution < 1.29 is 13.2 Å². The fraction of sp³-hybridized carbons (Fsp3) is 0.538. The summed E-state index contributed by atoms with van der Waals surface area (Å²) in [5, 5.41) is 3.95. The SMILES string of the molecule is CS(=O)(=O)CCCNCC1Cc2cc(Cl)ccc2O1. The van der Waals surface area contributed by atoms with Gasteiger partial charge in [0.25, 0.3) is 0 Å².